The summed E-state index contributed by atoms with van der Waals surface area (Å²) in [6, 6.07) is 8.47. The number of amides is 1. The lowest BCUT2D eigenvalue weighted by molar-refractivity contribution is 0.102. The van der Waals surface area contributed by atoms with Gasteiger partial charge in [-0.05, 0) is 42.8 Å². The summed E-state index contributed by atoms with van der Waals surface area (Å²) >= 11 is 5.73. The number of nitrogens with one attached hydrogen (secondary N) is 1. The summed E-state index contributed by atoms with van der Waals surface area (Å²) in [6.45, 7) is 1.79. The molecule has 0 spiro atoms. The van der Waals surface area contributed by atoms with Crippen LogP contribution >= 0.6 is 11.6 Å². The Bertz CT molecular complexity index is 643. The zero-order chi connectivity index (χ0) is 14.0. The Morgan fingerprint density at radius 1 is 1.26 bits per heavy atom. The molecular formula is C14H11ClFNO2. The fraction of sp³-hybridized carbons (Fsp3) is 0.0714. The number of carbonyl (C=O) groups is 1. The Labute approximate surface area is 114 Å². The van der Waals surface area contributed by atoms with Crippen LogP contribution in [0, 0.1) is 12.7 Å². The predicted molar refractivity (Wildman–Crippen MR) is 72.2 cm³/mol. The van der Waals surface area contributed by atoms with Gasteiger partial charge in [-0.1, -0.05) is 17.7 Å². The molecule has 0 aromatic heterocycles. The topological polar surface area (TPSA) is 49.3 Å². The molecule has 5 heteroatoms. The molecule has 0 aliphatic rings. The quantitative estimate of drug-likeness (QED) is 0.880. The average molecular weight is 280 g/mol. The van der Waals surface area contributed by atoms with Crippen LogP contribution in [-0.4, -0.2) is 11.0 Å². The van der Waals surface area contributed by atoms with Crippen molar-refractivity contribution < 1.29 is 14.3 Å². The largest absolute Gasteiger partial charge is 0.507 e. The van der Waals surface area contributed by atoms with Crippen molar-refractivity contribution in [3.63, 3.8) is 0 Å². The van der Waals surface area contributed by atoms with Crippen LogP contribution in [0.2, 0.25) is 5.02 Å². The zero-order valence-corrected chi connectivity index (χ0v) is 10.8. The van der Waals surface area contributed by atoms with E-state index >= 15 is 0 Å². The molecule has 0 aliphatic heterocycles. The van der Waals surface area contributed by atoms with Crippen LogP contribution < -0.4 is 5.32 Å². The third-order valence-corrected chi connectivity index (χ3v) is 2.81. The minimum absolute atomic E-state index is 0.0301. The molecule has 2 aromatic carbocycles. The van der Waals surface area contributed by atoms with E-state index in [4.69, 9.17) is 11.6 Å². The monoisotopic (exact) mass is 279 g/mol. The number of halogens is 2. The minimum atomic E-state index is -0.598. The molecule has 0 atom stereocenters. The first-order valence-corrected chi connectivity index (χ1v) is 5.91. The number of hydrogen-bond acceptors (Lipinski definition) is 2. The Morgan fingerprint density at radius 2 is 2.00 bits per heavy atom. The Kier molecular flexibility index (Phi) is 3.71. The highest BCUT2D eigenvalue weighted by molar-refractivity contribution is 6.31. The summed E-state index contributed by atoms with van der Waals surface area (Å²) in [5, 5.41) is 12.4. The van der Waals surface area contributed by atoms with Crippen LogP contribution in [0.1, 0.15) is 15.9 Å². The fourth-order valence-electron chi connectivity index (χ4n) is 1.62. The number of phenolic OH excluding ortho intramolecular Hbond substituents is 1. The third kappa shape index (κ3) is 3.03. The van der Waals surface area contributed by atoms with Gasteiger partial charge in [-0.2, -0.15) is 0 Å². The first-order valence-electron chi connectivity index (χ1n) is 5.53. The van der Waals surface area contributed by atoms with Crippen LogP contribution in [0.4, 0.5) is 10.1 Å². The number of aryl methyl sites for hydroxylation is 1. The number of carbonyl (C=O) groups excluding carboxylic acids is 1. The summed E-state index contributed by atoms with van der Waals surface area (Å²) in [5.74, 6) is -1.34. The summed E-state index contributed by atoms with van der Waals surface area (Å²) in [4.78, 5) is 11.9. The van der Waals surface area contributed by atoms with Crippen molar-refractivity contribution in [2.75, 3.05) is 5.32 Å². The molecule has 0 heterocycles. The lowest BCUT2D eigenvalue weighted by Gasteiger charge is -2.08. The van der Waals surface area contributed by atoms with Crippen molar-refractivity contribution in [2.24, 2.45) is 0 Å². The van der Waals surface area contributed by atoms with E-state index in [9.17, 15) is 14.3 Å². The van der Waals surface area contributed by atoms with Crippen molar-refractivity contribution >= 4 is 23.2 Å². The Balaban J connectivity index is 2.28. The molecule has 2 aromatic rings. The van der Waals surface area contributed by atoms with Crippen molar-refractivity contribution in [3.8, 4) is 5.75 Å². The van der Waals surface area contributed by atoms with E-state index in [1.165, 1.54) is 24.3 Å². The number of benzene rings is 2. The van der Waals surface area contributed by atoms with Gasteiger partial charge in [-0.25, -0.2) is 4.39 Å². The van der Waals surface area contributed by atoms with Gasteiger partial charge in [0.2, 0.25) is 0 Å². The SMILES string of the molecule is Cc1ccc(C(=O)Nc2cc(Cl)ccc2F)c(O)c1. The second-order valence-corrected chi connectivity index (χ2v) is 4.54. The van der Waals surface area contributed by atoms with Gasteiger partial charge in [0.25, 0.3) is 5.91 Å². The van der Waals surface area contributed by atoms with Crippen LogP contribution in [0.15, 0.2) is 36.4 Å². The molecule has 0 saturated heterocycles. The maximum absolute atomic E-state index is 13.5. The van der Waals surface area contributed by atoms with Crippen LogP contribution in [-0.2, 0) is 0 Å². The van der Waals surface area contributed by atoms with Gasteiger partial charge in [0.05, 0.1) is 11.3 Å². The fourth-order valence-corrected chi connectivity index (χ4v) is 1.79. The highest BCUT2D eigenvalue weighted by Crippen LogP contribution is 2.23. The van der Waals surface area contributed by atoms with Gasteiger partial charge < -0.3 is 10.4 Å². The Hall–Kier alpha value is -2.07. The zero-order valence-electron chi connectivity index (χ0n) is 10.1. The van der Waals surface area contributed by atoms with E-state index in [2.05, 4.69) is 5.32 Å². The molecule has 1 amide bonds. The van der Waals surface area contributed by atoms with E-state index < -0.39 is 11.7 Å². The summed E-state index contributed by atoms with van der Waals surface area (Å²) < 4.78 is 13.5. The van der Waals surface area contributed by atoms with E-state index in [1.807, 2.05) is 0 Å². The lowest BCUT2D eigenvalue weighted by atomic mass is 10.1. The molecule has 19 heavy (non-hydrogen) atoms. The number of aromatic hydroxyl groups is 1. The van der Waals surface area contributed by atoms with Crippen LogP contribution in [0.5, 0.6) is 5.75 Å². The van der Waals surface area contributed by atoms with Crippen LogP contribution in [0.25, 0.3) is 0 Å². The van der Waals surface area contributed by atoms with E-state index in [1.54, 1.807) is 13.0 Å². The van der Waals surface area contributed by atoms with Gasteiger partial charge >= 0.3 is 0 Å². The molecule has 98 valence electrons. The lowest BCUT2D eigenvalue weighted by Crippen LogP contribution is -2.13. The second kappa shape index (κ2) is 5.28. The maximum atomic E-state index is 13.5. The minimum Gasteiger partial charge on any atom is -0.507 e. The number of rotatable bonds is 2. The van der Waals surface area contributed by atoms with Crippen molar-refractivity contribution in [3.05, 3.63) is 58.4 Å². The molecule has 0 saturated carbocycles. The van der Waals surface area contributed by atoms with Gasteiger partial charge in [0.1, 0.15) is 11.6 Å². The molecule has 0 bridgehead atoms. The summed E-state index contributed by atoms with van der Waals surface area (Å²) in [7, 11) is 0. The van der Waals surface area contributed by atoms with E-state index in [-0.39, 0.29) is 17.0 Å². The third-order valence-electron chi connectivity index (χ3n) is 2.57. The average Bonchev–Trinajstić information content (AvgIpc) is 2.33. The summed E-state index contributed by atoms with van der Waals surface area (Å²) in [6.07, 6.45) is 0. The van der Waals surface area contributed by atoms with Gasteiger partial charge in [0.15, 0.2) is 0 Å². The van der Waals surface area contributed by atoms with E-state index in [0.29, 0.717) is 5.02 Å². The highest BCUT2D eigenvalue weighted by Gasteiger charge is 2.13. The molecule has 0 fully saturated rings. The number of phenols is 1. The van der Waals surface area contributed by atoms with Crippen LogP contribution in [0.3, 0.4) is 0 Å². The molecule has 3 nitrogen and oxygen atoms in total. The van der Waals surface area contributed by atoms with Crippen molar-refractivity contribution in [2.45, 2.75) is 6.92 Å². The molecule has 2 rings (SSSR count). The van der Waals surface area contributed by atoms with Gasteiger partial charge in [-0.15, -0.1) is 0 Å². The van der Waals surface area contributed by atoms with Crippen molar-refractivity contribution in [1.82, 2.24) is 0 Å². The first kappa shape index (κ1) is 13.4. The molecule has 0 unspecified atom stereocenters. The molecule has 0 aliphatic carbocycles. The van der Waals surface area contributed by atoms with E-state index in [0.717, 1.165) is 11.6 Å². The standard InChI is InChI=1S/C14H11ClFNO2/c1-8-2-4-10(13(18)6-8)14(19)17-12-7-9(15)3-5-11(12)16/h2-7,18H,1H3,(H,17,19). The summed E-state index contributed by atoms with van der Waals surface area (Å²) in [5.41, 5.74) is 0.866. The number of hydrogen-bond donors (Lipinski definition) is 2. The van der Waals surface area contributed by atoms with Crippen molar-refractivity contribution in [1.29, 1.82) is 0 Å². The maximum Gasteiger partial charge on any atom is 0.259 e. The second-order valence-electron chi connectivity index (χ2n) is 4.10. The normalized spacial score (nSPS) is 10.3. The molecule has 0 radical (unpaired) electrons. The predicted octanol–water partition coefficient (Wildman–Crippen LogP) is 3.75. The highest BCUT2D eigenvalue weighted by atomic mass is 35.5. The Morgan fingerprint density at radius 3 is 2.68 bits per heavy atom. The van der Waals surface area contributed by atoms with Gasteiger partial charge in [0, 0.05) is 5.02 Å². The number of anilines is 1. The smallest absolute Gasteiger partial charge is 0.259 e. The van der Waals surface area contributed by atoms with Gasteiger partial charge in [-0.3, -0.25) is 4.79 Å². The molecular weight excluding hydrogens is 269 g/mol. The first-order chi connectivity index (χ1) is 8.97. The molecule has 2 N–H and O–H groups in total.